The average Bonchev–Trinajstić information content (AvgIpc) is 1.97. The standard InChI is InChI=1S/C9H18NO3.Y/c1-5-7(11)6-10-8(12)13-9(2,3)4;/h6-7,11H,5H2,1-4H3,(H,10,12);/q-1;/t7-;/m1./s1. The maximum absolute atomic E-state index is 11.0. The van der Waals surface area contributed by atoms with E-state index >= 15 is 0 Å². The minimum Gasteiger partial charge on any atom is -0.468 e. The quantitative estimate of drug-likeness (QED) is 0.767. The van der Waals surface area contributed by atoms with Crippen LogP contribution in [0.2, 0.25) is 0 Å². The third kappa shape index (κ3) is 10.4. The average molecular weight is 277 g/mol. The number of aliphatic hydroxyl groups excluding tert-OH is 1. The van der Waals surface area contributed by atoms with Crippen LogP contribution < -0.4 is 5.32 Å². The van der Waals surface area contributed by atoms with Crippen LogP contribution in [0.1, 0.15) is 34.1 Å². The number of hydrogen-bond acceptors (Lipinski definition) is 3. The van der Waals surface area contributed by atoms with Crippen LogP contribution in [0.5, 0.6) is 0 Å². The molecule has 1 radical (unpaired) electrons. The van der Waals surface area contributed by atoms with Gasteiger partial charge in [0, 0.05) is 32.7 Å². The zero-order valence-electron chi connectivity index (χ0n) is 9.20. The molecule has 5 heteroatoms. The molecule has 14 heavy (non-hydrogen) atoms. The molecule has 0 aromatic rings. The van der Waals surface area contributed by atoms with Gasteiger partial charge in [-0.3, -0.25) is 0 Å². The molecule has 0 aliphatic rings. The summed E-state index contributed by atoms with van der Waals surface area (Å²) in [6.45, 7) is 8.47. The molecule has 0 rings (SSSR count). The summed E-state index contributed by atoms with van der Waals surface area (Å²) in [6, 6.07) is 0. The van der Waals surface area contributed by atoms with Crippen molar-refractivity contribution in [2.24, 2.45) is 0 Å². The first-order chi connectivity index (χ1) is 5.85. The third-order valence-corrected chi connectivity index (χ3v) is 1.21. The summed E-state index contributed by atoms with van der Waals surface area (Å²) in [7, 11) is 0. The van der Waals surface area contributed by atoms with E-state index in [4.69, 9.17) is 9.84 Å². The Morgan fingerprint density at radius 1 is 1.57 bits per heavy atom. The predicted molar refractivity (Wildman–Crippen MR) is 50.0 cm³/mol. The van der Waals surface area contributed by atoms with E-state index in [2.05, 4.69) is 5.32 Å². The number of amides is 1. The fourth-order valence-electron chi connectivity index (χ4n) is 0.590. The van der Waals surface area contributed by atoms with Gasteiger partial charge in [0.2, 0.25) is 0 Å². The monoisotopic (exact) mass is 277 g/mol. The Morgan fingerprint density at radius 3 is 2.43 bits per heavy atom. The minimum atomic E-state index is -0.618. The number of nitrogens with one attached hydrogen (secondary N) is 1. The van der Waals surface area contributed by atoms with Gasteiger partial charge in [0.25, 0.3) is 0 Å². The van der Waals surface area contributed by atoms with E-state index < -0.39 is 17.8 Å². The first-order valence-electron chi connectivity index (χ1n) is 4.36. The maximum atomic E-state index is 11.0. The second-order valence-corrected chi connectivity index (χ2v) is 3.79. The Labute approximate surface area is 111 Å². The number of aliphatic hydroxyl groups is 1. The molecule has 1 atom stereocenters. The Kier molecular flexibility index (Phi) is 9.10. The van der Waals surface area contributed by atoms with Gasteiger partial charge in [-0.05, 0) is 20.8 Å². The van der Waals surface area contributed by atoms with Crippen molar-refractivity contribution in [1.29, 1.82) is 0 Å². The summed E-state index contributed by atoms with van der Waals surface area (Å²) in [5.41, 5.74) is -0.505. The van der Waals surface area contributed by atoms with Crippen molar-refractivity contribution in [3.8, 4) is 0 Å². The number of hydrogen-bond donors (Lipinski definition) is 2. The van der Waals surface area contributed by atoms with Crippen LogP contribution in [-0.2, 0) is 37.4 Å². The molecule has 0 aliphatic carbocycles. The van der Waals surface area contributed by atoms with Gasteiger partial charge in [0.15, 0.2) is 0 Å². The summed E-state index contributed by atoms with van der Waals surface area (Å²) in [4.78, 5) is 11.0. The van der Waals surface area contributed by atoms with Crippen LogP contribution in [0, 0.1) is 6.54 Å². The normalized spacial score (nSPS) is 12.6. The molecular weight excluding hydrogens is 259 g/mol. The number of alkyl carbamates (subject to hydrolysis) is 1. The van der Waals surface area contributed by atoms with Crippen molar-refractivity contribution >= 4 is 6.09 Å². The van der Waals surface area contributed by atoms with Crippen LogP contribution in [-0.4, -0.2) is 22.9 Å². The van der Waals surface area contributed by atoms with Gasteiger partial charge in [-0.15, -0.1) is 0 Å². The molecule has 0 saturated heterocycles. The molecule has 0 bridgehead atoms. The summed E-state index contributed by atoms with van der Waals surface area (Å²) in [5, 5.41) is 11.4. The molecule has 0 aliphatic heterocycles. The molecule has 0 unspecified atom stereocenters. The second-order valence-electron chi connectivity index (χ2n) is 3.79. The topological polar surface area (TPSA) is 58.6 Å². The van der Waals surface area contributed by atoms with Gasteiger partial charge in [-0.2, -0.15) is 0 Å². The summed E-state index contributed by atoms with van der Waals surface area (Å²) < 4.78 is 4.94. The van der Waals surface area contributed by atoms with Crippen molar-refractivity contribution < 1.29 is 47.3 Å². The fourth-order valence-corrected chi connectivity index (χ4v) is 0.590. The van der Waals surface area contributed by atoms with Crippen molar-refractivity contribution in [3.05, 3.63) is 6.54 Å². The van der Waals surface area contributed by atoms with E-state index in [9.17, 15) is 4.79 Å². The number of rotatable bonds is 3. The molecule has 0 heterocycles. The minimum absolute atomic E-state index is 0. The number of ether oxygens (including phenoxy) is 1. The molecule has 0 aromatic carbocycles. The smallest absolute Gasteiger partial charge is 0.378 e. The molecule has 0 saturated carbocycles. The fraction of sp³-hybridized carbons (Fsp3) is 0.778. The molecular formula is C9H18NO3Y-. The molecule has 1 amide bonds. The van der Waals surface area contributed by atoms with E-state index in [0.717, 1.165) is 0 Å². The van der Waals surface area contributed by atoms with E-state index in [1.54, 1.807) is 20.8 Å². The van der Waals surface area contributed by atoms with Crippen LogP contribution >= 0.6 is 0 Å². The van der Waals surface area contributed by atoms with Crippen LogP contribution in [0.4, 0.5) is 4.79 Å². The number of carbonyl (C=O) groups excluding carboxylic acids is 1. The molecule has 81 valence electrons. The zero-order chi connectivity index (χ0) is 10.5. The molecule has 0 fully saturated rings. The Balaban J connectivity index is 0. The number of carbonyl (C=O) groups is 1. The van der Waals surface area contributed by atoms with Crippen molar-refractivity contribution in [2.75, 3.05) is 0 Å². The van der Waals surface area contributed by atoms with Gasteiger partial charge in [-0.25, -0.2) is 11.3 Å². The van der Waals surface area contributed by atoms with E-state index in [-0.39, 0.29) is 32.7 Å². The van der Waals surface area contributed by atoms with E-state index in [0.29, 0.717) is 6.42 Å². The first-order valence-corrected chi connectivity index (χ1v) is 4.36. The molecule has 2 N–H and O–H groups in total. The van der Waals surface area contributed by atoms with Gasteiger partial charge in [-0.1, -0.05) is 19.4 Å². The third-order valence-electron chi connectivity index (χ3n) is 1.21. The summed E-state index contributed by atoms with van der Waals surface area (Å²) in [5.74, 6) is 0. The Hall–Kier alpha value is 0.334. The van der Waals surface area contributed by atoms with Crippen molar-refractivity contribution in [1.82, 2.24) is 5.32 Å². The summed E-state index contributed by atoms with van der Waals surface area (Å²) >= 11 is 0. The van der Waals surface area contributed by atoms with Crippen LogP contribution in [0.25, 0.3) is 0 Å². The predicted octanol–water partition coefficient (Wildman–Crippen LogP) is 1.44. The SMILES string of the molecule is CC[C@@H](O)[CH-]NC(=O)OC(C)(C)C.[Y]. The molecule has 0 aromatic heterocycles. The molecule has 4 nitrogen and oxygen atoms in total. The van der Waals surface area contributed by atoms with Crippen molar-refractivity contribution in [3.63, 3.8) is 0 Å². The van der Waals surface area contributed by atoms with Gasteiger partial charge in [0.05, 0.1) is 0 Å². The Bertz CT molecular complexity index is 168. The largest absolute Gasteiger partial charge is 0.468 e. The van der Waals surface area contributed by atoms with Crippen LogP contribution in [0.15, 0.2) is 0 Å². The summed E-state index contributed by atoms with van der Waals surface area (Å²) in [6.07, 6.45) is -0.594. The van der Waals surface area contributed by atoms with Gasteiger partial charge in [0.1, 0.15) is 5.60 Å². The van der Waals surface area contributed by atoms with Gasteiger partial charge < -0.3 is 15.2 Å². The second kappa shape index (κ2) is 7.60. The van der Waals surface area contributed by atoms with E-state index in [1.807, 2.05) is 6.92 Å². The maximum Gasteiger partial charge on any atom is 0.378 e. The van der Waals surface area contributed by atoms with E-state index in [1.165, 1.54) is 6.54 Å². The Morgan fingerprint density at radius 2 is 2.07 bits per heavy atom. The zero-order valence-corrected chi connectivity index (χ0v) is 12.0. The molecule has 0 spiro atoms. The van der Waals surface area contributed by atoms with Crippen molar-refractivity contribution in [2.45, 2.75) is 45.8 Å². The first kappa shape index (κ1) is 16.8. The van der Waals surface area contributed by atoms with Crippen LogP contribution in [0.3, 0.4) is 0 Å². The van der Waals surface area contributed by atoms with Gasteiger partial charge >= 0.3 is 6.09 Å².